The molecule has 1 rings (SSSR count). The molecular formula is C9H10N2O4S. The molecule has 7 heteroatoms. The van der Waals surface area contributed by atoms with Crippen molar-refractivity contribution in [3.05, 3.63) is 24.0 Å². The number of hydrogen-bond donors (Lipinski definition) is 4. The van der Waals surface area contributed by atoms with Gasteiger partial charge in [0.1, 0.15) is 11.8 Å². The number of nitrogens with zero attached hydrogens (tertiary/aromatic N) is 1. The molecule has 0 radical (unpaired) electrons. The van der Waals surface area contributed by atoms with Gasteiger partial charge in [0.2, 0.25) is 0 Å². The second-order valence-corrected chi connectivity index (χ2v) is 3.34. The summed E-state index contributed by atoms with van der Waals surface area (Å²) in [5, 5.41) is 20.0. The molecule has 1 amide bonds. The molecule has 1 aromatic rings. The lowest BCUT2D eigenvalue weighted by molar-refractivity contribution is -0.138. The van der Waals surface area contributed by atoms with E-state index in [4.69, 9.17) is 10.2 Å². The molecule has 1 heterocycles. The van der Waals surface area contributed by atoms with E-state index in [1.54, 1.807) is 0 Å². The van der Waals surface area contributed by atoms with Crippen molar-refractivity contribution in [1.29, 1.82) is 0 Å². The van der Waals surface area contributed by atoms with E-state index in [0.29, 0.717) is 0 Å². The minimum atomic E-state index is -1.17. The van der Waals surface area contributed by atoms with Crippen molar-refractivity contribution in [2.45, 2.75) is 6.04 Å². The van der Waals surface area contributed by atoms with Gasteiger partial charge in [0.25, 0.3) is 5.91 Å². The van der Waals surface area contributed by atoms with Crippen molar-refractivity contribution in [2.24, 2.45) is 0 Å². The summed E-state index contributed by atoms with van der Waals surface area (Å²) in [6.45, 7) is 0. The van der Waals surface area contributed by atoms with Crippen molar-refractivity contribution in [2.75, 3.05) is 5.75 Å². The zero-order chi connectivity index (χ0) is 12.1. The van der Waals surface area contributed by atoms with Crippen LogP contribution in [0.4, 0.5) is 0 Å². The van der Waals surface area contributed by atoms with Gasteiger partial charge in [0.05, 0.1) is 11.8 Å². The quantitative estimate of drug-likeness (QED) is 0.552. The van der Waals surface area contributed by atoms with E-state index in [9.17, 15) is 9.59 Å². The first kappa shape index (κ1) is 12.3. The summed E-state index contributed by atoms with van der Waals surface area (Å²) >= 11 is 3.80. The van der Waals surface area contributed by atoms with E-state index in [-0.39, 0.29) is 17.1 Å². The average Bonchev–Trinajstić information content (AvgIpc) is 2.25. The van der Waals surface area contributed by atoms with E-state index < -0.39 is 17.9 Å². The maximum Gasteiger partial charge on any atom is 0.327 e. The Kier molecular flexibility index (Phi) is 4.12. The Morgan fingerprint density at radius 3 is 2.69 bits per heavy atom. The summed E-state index contributed by atoms with van der Waals surface area (Å²) in [5.41, 5.74) is 0.0908. The fraction of sp³-hybridized carbons (Fsp3) is 0.222. The van der Waals surface area contributed by atoms with Crippen LogP contribution in [0, 0.1) is 0 Å². The number of carbonyl (C=O) groups excluding carboxylic acids is 1. The number of pyridine rings is 1. The lowest BCUT2D eigenvalue weighted by Gasteiger charge is -2.11. The molecule has 16 heavy (non-hydrogen) atoms. The number of carbonyl (C=O) groups is 2. The number of hydrogen-bond acceptors (Lipinski definition) is 5. The molecule has 0 aliphatic carbocycles. The first-order valence-electron chi connectivity index (χ1n) is 4.33. The summed E-state index contributed by atoms with van der Waals surface area (Å²) in [5.74, 6) is -1.97. The number of aromatic nitrogens is 1. The van der Waals surface area contributed by atoms with E-state index in [2.05, 4.69) is 22.9 Å². The van der Waals surface area contributed by atoms with E-state index >= 15 is 0 Å². The molecule has 0 aromatic carbocycles. The Labute approximate surface area is 96.7 Å². The van der Waals surface area contributed by atoms with Gasteiger partial charge in [-0.2, -0.15) is 12.6 Å². The van der Waals surface area contributed by atoms with Crippen LogP contribution < -0.4 is 5.32 Å². The van der Waals surface area contributed by atoms with Crippen molar-refractivity contribution >= 4 is 24.5 Å². The van der Waals surface area contributed by atoms with Crippen LogP contribution in [0.2, 0.25) is 0 Å². The second-order valence-electron chi connectivity index (χ2n) is 2.98. The van der Waals surface area contributed by atoms with Crippen LogP contribution in [0.3, 0.4) is 0 Å². The first-order chi connectivity index (χ1) is 7.54. The molecule has 0 aliphatic rings. The monoisotopic (exact) mass is 242 g/mol. The Bertz CT molecular complexity index is 410. The maximum absolute atomic E-state index is 11.5. The molecule has 1 aromatic heterocycles. The highest BCUT2D eigenvalue weighted by atomic mass is 32.1. The molecular weight excluding hydrogens is 232 g/mol. The second kappa shape index (κ2) is 5.36. The number of carboxylic acid groups (broad SMARTS) is 1. The Morgan fingerprint density at radius 2 is 2.19 bits per heavy atom. The summed E-state index contributed by atoms with van der Waals surface area (Å²) in [7, 11) is 0. The number of rotatable bonds is 4. The summed E-state index contributed by atoms with van der Waals surface area (Å²) in [6, 6.07) is 0.123. The first-order valence-corrected chi connectivity index (χ1v) is 4.96. The van der Waals surface area contributed by atoms with Gasteiger partial charge in [-0.05, 0) is 6.07 Å². The molecule has 0 fully saturated rings. The van der Waals surface area contributed by atoms with Crippen LogP contribution >= 0.6 is 12.6 Å². The highest BCUT2D eigenvalue weighted by Crippen LogP contribution is 2.08. The highest BCUT2D eigenvalue weighted by molar-refractivity contribution is 7.80. The molecule has 0 saturated heterocycles. The molecule has 6 nitrogen and oxygen atoms in total. The SMILES string of the molecule is O=C(N[C@@H](CS)C(=O)O)c1cncc(O)c1. The molecule has 0 unspecified atom stereocenters. The van der Waals surface area contributed by atoms with Crippen LogP contribution in [-0.4, -0.2) is 38.9 Å². The smallest absolute Gasteiger partial charge is 0.327 e. The van der Waals surface area contributed by atoms with Crippen LogP contribution in [0.25, 0.3) is 0 Å². The zero-order valence-corrected chi connectivity index (χ0v) is 9.02. The molecule has 0 bridgehead atoms. The average molecular weight is 242 g/mol. The third kappa shape index (κ3) is 3.13. The summed E-state index contributed by atoms with van der Waals surface area (Å²) < 4.78 is 0. The molecule has 86 valence electrons. The predicted molar refractivity (Wildman–Crippen MR) is 58.6 cm³/mol. The minimum Gasteiger partial charge on any atom is -0.506 e. The van der Waals surface area contributed by atoms with Gasteiger partial charge in [-0.1, -0.05) is 0 Å². The number of carboxylic acids is 1. The number of aromatic hydroxyl groups is 1. The highest BCUT2D eigenvalue weighted by Gasteiger charge is 2.19. The van der Waals surface area contributed by atoms with Crippen LogP contribution in [0.5, 0.6) is 5.75 Å². The zero-order valence-electron chi connectivity index (χ0n) is 8.12. The minimum absolute atomic E-state index is 0.0205. The lowest BCUT2D eigenvalue weighted by atomic mass is 10.2. The van der Waals surface area contributed by atoms with Crippen molar-refractivity contribution < 1.29 is 19.8 Å². The van der Waals surface area contributed by atoms with Crippen molar-refractivity contribution in [3.63, 3.8) is 0 Å². The van der Waals surface area contributed by atoms with Gasteiger partial charge < -0.3 is 15.5 Å². The normalized spacial score (nSPS) is 11.8. The predicted octanol–water partition coefficient (Wildman–Crippen LogP) is -0.100. The molecule has 0 spiro atoms. The van der Waals surface area contributed by atoms with Crippen LogP contribution in [0.15, 0.2) is 18.5 Å². The van der Waals surface area contributed by atoms with Gasteiger partial charge in [0.15, 0.2) is 0 Å². The molecule has 0 saturated carbocycles. The van der Waals surface area contributed by atoms with Gasteiger partial charge in [-0.15, -0.1) is 0 Å². The van der Waals surface area contributed by atoms with E-state index in [1.807, 2.05) is 0 Å². The number of nitrogens with one attached hydrogen (secondary N) is 1. The van der Waals surface area contributed by atoms with Crippen molar-refractivity contribution in [1.82, 2.24) is 10.3 Å². The number of amides is 1. The Morgan fingerprint density at radius 1 is 1.50 bits per heavy atom. The third-order valence-electron chi connectivity index (χ3n) is 1.77. The van der Waals surface area contributed by atoms with Gasteiger partial charge in [-0.25, -0.2) is 4.79 Å². The van der Waals surface area contributed by atoms with Crippen molar-refractivity contribution in [3.8, 4) is 5.75 Å². The van der Waals surface area contributed by atoms with Gasteiger partial charge >= 0.3 is 5.97 Å². The fourth-order valence-corrected chi connectivity index (χ4v) is 1.23. The van der Waals surface area contributed by atoms with Gasteiger partial charge in [0, 0.05) is 11.9 Å². The largest absolute Gasteiger partial charge is 0.506 e. The van der Waals surface area contributed by atoms with E-state index in [1.165, 1.54) is 18.5 Å². The Balaban J connectivity index is 2.75. The standard InChI is InChI=1S/C9H10N2O4S/c12-6-1-5(2-10-3-6)8(13)11-7(4-16)9(14)15/h1-3,7,12,16H,4H2,(H,11,13)(H,14,15)/t7-/m0/s1. The lowest BCUT2D eigenvalue weighted by Crippen LogP contribution is -2.42. The molecule has 1 atom stereocenters. The number of aliphatic carboxylic acids is 1. The molecule has 3 N–H and O–H groups in total. The summed E-state index contributed by atoms with van der Waals surface area (Å²) in [6.07, 6.45) is 2.40. The third-order valence-corrected chi connectivity index (χ3v) is 2.14. The molecule has 0 aliphatic heterocycles. The van der Waals surface area contributed by atoms with E-state index in [0.717, 1.165) is 0 Å². The summed E-state index contributed by atoms with van der Waals surface area (Å²) in [4.78, 5) is 25.8. The number of thiol groups is 1. The van der Waals surface area contributed by atoms with Crippen LogP contribution in [-0.2, 0) is 4.79 Å². The van der Waals surface area contributed by atoms with Crippen LogP contribution in [0.1, 0.15) is 10.4 Å². The fourth-order valence-electron chi connectivity index (χ4n) is 0.979. The maximum atomic E-state index is 11.5. The Hall–Kier alpha value is -1.76. The van der Waals surface area contributed by atoms with Gasteiger partial charge in [-0.3, -0.25) is 9.78 Å². The topological polar surface area (TPSA) is 99.5 Å².